The number of benzene rings is 2. The van der Waals surface area contributed by atoms with Gasteiger partial charge in [-0.3, -0.25) is 14.9 Å². The molecule has 2 heterocycles. The van der Waals surface area contributed by atoms with Gasteiger partial charge in [0.15, 0.2) is 5.13 Å². The maximum Gasteiger partial charge on any atom is 0.257 e. The van der Waals surface area contributed by atoms with Gasteiger partial charge in [0.05, 0.1) is 5.69 Å². The van der Waals surface area contributed by atoms with Gasteiger partial charge >= 0.3 is 0 Å². The number of rotatable bonds is 4. The first-order valence-electron chi connectivity index (χ1n) is 10.1. The minimum Gasteiger partial charge on any atom is -0.312 e. The Morgan fingerprint density at radius 1 is 1.17 bits per heavy atom. The number of thiazole rings is 1. The first kappa shape index (κ1) is 18.9. The molecule has 30 heavy (non-hydrogen) atoms. The number of hydrogen-bond donors (Lipinski definition) is 1. The molecule has 1 aliphatic carbocycles. The van der Waals surface area contributed by atoms with Crippen molar-refractivity contribution in [2.24, 2.45) is 5.92 Å². The lowest BCUT2D eigenvalue weighted by atomic mass is 9.98. The lowest BCUT2D eigenvalue weighted by Crippen LogP contribution is -2.36. The van der Waals surface area contributed by atoms with E-state index in [1.54, 1.807) is 6.07 Å². The van der Waals surface area contributed by atoms with Crippen LogP contribution in [0, 0.1) is 11.7 Å². The number of carbonyl (C=O) groups is 2. The van der Waals surface area contributed by atoms with Crippen LogP contribution in [0.2, 0.25) is 0 Å². The van der Waals surface area contributed by atoms with Crippen molar-refractivity contribution >= 4 is 34.0 Å². The molecule has 0 spiro atoms. The van der Waals surface area contributed by atoms with Crippen molar-refractivity contribution in [2.75, 3.05) is 16.8 Å². The van der Waals surface area contributed by atoms with E-state index in [4.69, 9.17) is 0 Å². The fraction of sp³-hybridized carbons (Fsp3) is 0.261. The molecule has 0 saturated heterocycles. The van der Waals surface area contributed by atoms with E-state index in [0.29, 0.717) is 5.13 Å². The fourth-order valence-corrected chi connectivity index (χ4v) is 4.51. The second-order valence-electron chi connectivity index (χ2n) is 7.71. The largest absolute Gasteiger partial charge is 0.312 e. The highest BCUT2D eigenvalue weighted by atomic mass is 32.1. The monoisotopic (exact) mass is 421 g/mol. The van der Waals surface area contributed by atoms with Crippen LogP contribution in [0.5, 0.6) is 0 Å². The Morgan fingerprint density at radius 2 is 2.03 bits per heavy atom. The molecule has 1 saturated carbocycles. The number of aryl methyl sites for hydroxylation is 1. The zero-order valence-electron chi connectivity index (χ0n) is 16.2. The van der Waals surface area contributed by atoms with Gasteiger partial charge in [0, 0.05) is 34.7 Å². The van der Waals surface area contributed by atoms with Crippen LogP contribution < -0.4 is 10.2 Å². The standard InChI is InChI=1S/C23H20FN3O2S/c24-18-5-1-3-17(12-18)21(28)26-23-25-19(13-30-23)15-8-9-20-16(11-15)4-2-10-27(20)22(29)14-6-7-14/h1,3,5,8-9,11-14H,2,4,6-7,10H2,(H,25,26,28). The van der Waals surface area contributed by atoms with Gasteiger partial charge in [-0.25, -0.2) is 9.37 Å². The highest BCUT2D eigenvalue weighted by molar-refractivity contribution is 7.14. The molecule has 1 aromatic heterocycles. The molecule has 0 radical (unpaired) electrons. The van der Waals surface area contributed by atoms with Crippen molar-refractivity contribution in [3.05, 3.63) is 64.8 Å². The molecule has 7 heteroatoms. The summed E-state index contributed by atoms with van der Waals surface area (Å²) in [6.45, 7) is 0.786. The Morgan fingerprint density at radius 3 is 2.83 bits per heavy atom. The van der Waals surface area contributed by atoms with Crippen molar-refractivity contribution in [2.45, 2.75) is 25.7 Å². The summed E-state index contributed by atoms with van der Waals surface area (Å²) in [6.07, 6.45) is 3.91. The Bertz CT molecular complexity index is 1140. The van der Waals surface area contributed by atoms with Gasteiger partial charge in [0.25, 0.3) is 5.91 Å². The first-order valence-corrected chi connectivity index (χ1v) is 10.9. The van der Waals surface area contributed by atoms with Crippen molar-refractivity contribution in [3.63, 3.8) is 0 Å². The normalized spacial score (nSPS) is 15.6. The van der Waals surface area contributed by atoms with E-state index >= 15 is 0 Å². The summed E-state index contributed by atoms with van der Waals surface area (Å²) < 4.78 is 13.3. The number of amides is 2. The van der Waals surface area contributed by atoms with Gasteiger partial charge in [0.2, 0.25) is 5.91 Å². The van der Waals surface area contributed by atoms with Crippen LogP contribution >= 0.6 is 11.3 Å². The summed E-state index contributed by atoms with van der Waals surface area (Å²) in [5.41, 5.74) is 4.14. The SMILES string of the molecule is O=C(Nc1nc(-c2ccc3c(c2)CCCN3C(=O)C2CC2)cs1)c1cccc(F)c1. The molecule has 3 aromatic rings. The van der Waals surface area contributed by atoms with Gasteiger partial charge < -0.3 is 4.90 Å². The van der Waals surface area contributed by atoms with E-state index in [1.807, 2.05) is 22.4 Å². The molecule has 2 amide bonds. The maximum absolute atomic E-state index is 13.3. The average Bonchev–Trinajstić information content (AvgIpc) is 3.51. The molecular weight excluding hydrogens is 401 g/mol. The van der Waals surface area contributed by atoms with Gasteiger partial charge in [-0.1, -0.05) is 12.1 Å². The minimum absolute atomic E-state index is 0.207. The number of carbonyl (C=O) groups excluding carboxylic acids is 2. The molecule has 5 rings (SSSR count). The van der Waals surface area contributed by atoms with Gasteiger partial charge in [-0.2, -0.15) is 0 Å². The minimum atomic E-state index is -0.453. The first-order chi connectivity index (χ1) is 14.6. The summed E-state index contributed by atoms with van der Waals surface area (Å²) in [4.78, 5) is 31.3. The molecule has 2 aromatic carbocycles. The zero-order chi connectivity index (χ0) is 20.7. The van der Waals surface area contributed by atoms with Gasteiger partial charge in [-0.15, -0.1) is 11.3 Å². The highest BCUT2D eigenvalue weighted by Crippen LogP contribution is 2.37. The predicted molar refractivity (Wildman–Crippen MR) is 115 cm³/mol. The summed E-state index contributed by atoms with van der Waals surface area (Å²) in [5, 5.41) is 5.08. The second kappa shape index (κ2) is 7.65. The summed E-state index contributed by atoms with van der Waals surface area (Å²) >= 11 is 1.33. The molecule has 1 aliphatic heterocycles. The summed E-state index contributed by atoms with van der Waals surface area (Å²) in [5.74, 6) is -0.390. The van der Waals surface area contributed by atoms with E-state index in [-0.39, 0.29) is 17.4 Å². The van der Waals surface area contributed by atoms with E-state index in [0.717, 1.165) is 54.7 Å². The molecule has 1 N–H and O–H groups in total. The number of nitrogens with one attached hydrogen (secondary N) is 1. The van der Waals surface area contributed by atoms with E-state index in [1.165, 1.54) is 29.5 Å². The third-order valence-electron chi connectivity index (χ3n) is 5.50. The lowest BCUT2D eigenvalue weighted by molar-refractivity contribution is -0.119. The molecule has 152 valence electrons. The summed E-state index contributed by atoms with van der Waals surface area (Å²) in [7, 11) is 0. The summed E-state index contributed by atoms with van der Waals surface area (Å²) in [6, 6.07) is 11.6. The van der Waals surface area contributed by atoms with Crippen molar-refractivity contribution in [1.29, 1.82) is 0 Å². The van der Waals surface area contributed by atoms with Crippen molar-refractivity contribution in [3.8, 4) is 11.3 Å². The van der Waals surface area contributed by atoms with E-state index in [2.05, 4.69) is 16.4 Å². The quantitative estimate of drug-likeness (QED) is 0.652. The fourth-order valence-electron chi connectivity index (χ4n) is 3.80. The third kappa shape index (κ3) is 3.73. The van der Waals surface area contributed by atoms with E-state index in [9.17, 15) is 14.0 Å². The van der Waals surface area contributed by atoms with Crippen LogP contribution in [0.3, 0.4) is 0 Å². The molecule has 0 bridgehead atoms. The number of anilines is 2. The van der Waals surface area contributed by atoms with Crippen LogP contribution in [-0.2, 0) is 11.2 Å². The topological polar surface area (TPSA) is 62.3 Å². The van der Waals surface area contributed by atoms with Crippen molar-refractivity contribution in [1.82, 2.24) is 4.98 Å². The molecule has 1 fully saturated rings. The molecule has 5 nitrogen and oxygen atoms in total. The van der Waals surface area contributed by atoms with Crippen LogP contribution in [0.1, 0.15) is 35.2 Å². The van der Waals surface area contributed by atoms with Crippen LogP contribution in [-0.4, -0.2) is 23.3 Å². The van der Waals surface area contributed by atoms with E-state index < -0.39 is 11.7 Å². The Hall–Kier alpha value is -3.06. The highest BCUT2D eigenvalue weighted by Gasteiger charge is 2.35. The number of fused-ring (bicyclic) bond motifs is 1. The molecule has 0 atom stereocenters. The van der Waals surface area contributed by atoms with Gasteiger partial charge in [0.1, 0.15) is 5.82 Å². The maximum atomic E-state index is 13.3. The smallest absolute Gasteiger partial charge is 0.257 e. The second-order valence-corrected chi connectivity index (χ2v) is 8.57. The number of aromatic nitrogens is 1. The van der Waals surface area contributed by atoms with Crippen LogP contribution in [0.25, 0.3) is 11.3 Å². The molecular formula is C23H20FN3O2S. The predicted octanol–water partition coefficient (Wildman–Crippen LogP) is 4.89. The Kier molecular flexibility index (Phi) is 4.83. The molecule has 2 aliphatic rings. The van der Waals surface area contributed by atoms with Gasteiger partial charge in [-0.05, 0) is 61.6 Å². The van der Waals surface area contributed by atoms with Crippen molar-refractivity contribution < 1.29 is 14.0 Å². The number of halogens is 1. The Labute approximate surface area is 177 Å². The number of hydrogen-bond acceptors (Lipinski definition) is 4. The Balaban J connectivity index is 1.35. The average molecular weight is 421 g/mol. The van der Waals surface area contributed by atoms with Crippen LogP contribution in [0.4, 0.5) is 15.2 Å². The third-order valence-corrected chi connectivity index (χ3v) is 6.26. The van der Waals surface area contributed by atoms with Crippen LogP contribution in [0.15, 0.2) is 47.8 Å². The number of nitrogens with zero attached hydrogens (tertiary/aromatic N) is 2. The zero-order valence-corrected chi connectivity index (χ0v) is 17.0. The molecule has 0 unspecified atom stereocenters. The lowest BCUT2D eigenvalue weighted by Gasteiger charge is -2.30.